The molecule has 0 bridgehead atoms. The van der Waals surface area contributed by atoms with Crippen molar-refractivity contribution in [3.63, 3.8) is 0 Å². The van der Waals surface area contributed by atoms with Crippen molar-refractivity contribution in [2.45, 2.75) is 31.0 Å². The largest absolute Gasteiger partial charge is 0.457 e. The van der Waals surface area contributed by atoms with Crippen molar-refractivity contribution in [2.24, 2.45) is 0 Å². The molecule has 1 aromatic heterocycles. The van der Waals surface area contributed by atoms with Crippen LogP contribution in [0.1, 0.15) is 22.8 Å². The minimum atomic E-state index is -0.802. The van der Waals surface area contributed by atoms with Crippen LogP contribution in [0.4, 0.5) is 0 Å². The van der Waals surface area contributed by atoms with Crippen molar-refractivity contribution in [3.05, 3.63) is 137 Å². The van der Waals surface area contributed by atoms with Gasteiger partial charge in [-0.25, -0.2) is 0 Å². The molecule has 0 fully saturated rings. The van der Waals surface area contributed by atoms with E-state index in [1.54, 1.807) is 18.3 Å². The van der Waals surface area contributed by atoms with Crippen LogP contribution in [-0.2, 0) is 12.8 Å². The number of aliphatic hydroxyl groups is 2. The van der Waals surface area contributed by atoms with E-state index in [1.807, 2.05) is 97.1 Å². The third-order valence-electron chi connectivity index (χ3n) is 6.78. The summed E-state index contributed by atoms with van der Waals surface area (Å²) in [7, 11) is 0. The molecule has 5 rings (SSSR count). The highest BCUT2D eigenvalue weighted by Crippen LogP contribution is 2.29. The summed E-state index contributed by atoms with van der Waals surface area (Å²) in [5.41, 5.74) is 3.76. The second kappa shape index (κ2) is 12.9. The SMILES string of the molecule is OC[C@H](Cc1ccc(Oc2ccnc3ccccc23)cc1)NC(Cc1ccccc1)[C@H](O)c1cccc(Cl)c1. The first-order chi connectivity index (χ1) is 19.1. The van der Waals surface area contributed by atoms with E-state index >= 15 is 0 Å². The monoisotopic (exact) mass is 538 g/mol. The van der Waals surface area contributed by atoms with E-state index in [2.05, 4.69) is 10.3 Å². The number of nitrogens with one attached hydrogen (secondary N) is 1. The van der Waals surface area contributed by atoms with Gasteiger partial charge in [0.05, 0.1) is 18.2 Å². The number of rotatable bonds is 11. The zero-order valence-electron chi connectivity index (χ0n) is 21.5. The fraction of sp³-hybridized carbons (Fsp3) is 0.182. The molecule has 1 heterocycles. The molecule has 0 radical (unpaired) electrons. The van der Waals surface area contributed by atoms with Crippen molar-refractivity contribution in [3.8, 4) is 11.5 Å². The van der Waals surface area contributed by atoms with Gasteiger partial charge in [0.1, 0.15) is 11.5 Å². The van der Waals surface area contributed by atoms with Gasteiger partial charge in [-0.05, 0) is 72.0 Å². The molecule has 0 aliphatic heterocycles. The summed E-state index contributed by atoms with van der Waals surface area (Å²) in [5.74, 6) is 1.48. The van der Waals surface area contributed by atoms with Crippen molar-refractivity contribution in [1.82, 2.24) is 10.3 Å². The van der Waals surface area contributed by atoms with Crippen LogP contribution in [0.25, 0.3) is 10.9 Å². The normalized spacial score (nSPS) is 13.6. The van der Waals surface area contributed by atoms with Gasteiger partial charge in [0.15, 0.2) is 0 Å². The minimum Gasteiger partial charge on any atom is -0.457 e. The molecule has 39 heavy (non-hydrogen) atoms. The molecular formula is C33H31ClN2O3. The van der Waals surface area contributed by atoms with Gasteiger partial charge >= 0.3 is 0 Å². The Hall–Kier alpha value is -3.74. The van der Waals surface area contributed by atoms with Crippen molar-refractivity contribution >= 4 is 22.5 Å². The molecule has 4 aromatic carbocycles. The maximum Gasteiger partial charge on any atom is 0.138 e. The summed E-state index contributed by atoms with van der Waals surface area (Å²) in [5, 5.41) is 26.6. The van der Waals surface area contributed by atoms with Crippen LogP contribution >= 0.6 is 11.6 Å². The first-order valence-corrected chi connectivity index (χ1v) is 13.4. The fourth-order valence-electron chi connectivity index (χ4n) is 4.80. The highest BCUT2D eigenvalue weighted by molar-refractivity contribution is 6.30. The number of pyridine rings is 1. The van der Waals surface area contributed by atoms with E-state index in [0.717, 1.165) is 39.1 Å². The van der Waals surface area contributed by atoms with Gasteiger partial charge in [0.25, 0.3) is 0 Å². The zero-order valence-corrected chi connectivity index (χ0v) is 22.2. The molecule has 0 amide bonds. The average molecular weight is 539 g/mol. The molecule has 0 saturated heterocycles. The van der Waals surface area contributed by atoms with E-state index in [9.17, 15) is 10.2 Å². The van der Waals surface area contributed by atoms with Gasteiger partial charge in [-0.2, -0.15) is 0 Å². The smallest absolute Gasteiger partial charge is 0.138 e. The third-order valence-corrected chi connectivity index (χ3v) is 7.02. The molecule has 0 spiro atoms. The predicted molar refractivity (Wildman–Crippen MR) is 156 cm³/mol. The van der Waals surface area contributed by atoms with Gasteiger partial charge in [0.2, 0.25) is 0 Å². The van der Waals surface area contributed by atoms with E-state index in [0.29, 0.717) is 17.9 Å². The lowest BCUT2D eigenvalue weighted by Gasteiger charge is -2.29. The lowest BCUT2D eigenvalue weighted by Crippen LogP contribution is -2.46. The molecule has 1 unspecified atom stereocenters. The van der Waals surface area contributed by atoms with Crippen LogP contribution < -0.4 is 10.1 Å². The Bertz CT molecular complexity index is 1490. The maximum atomic E-state index is 11.3. The van der Waals surface area contributed by atoms with Crippen molar-refractivity contribution in [2.75, 3.05) is 6.61 Å². The van der Waals surface area contributed by atoms with E-state index < -0.39 is 6.10 Å². The Morgan fingerprint density at radius 2 is 1.54 bits per heavy atom. The van der Waals surface area contributed by atoms with Gasteiger partial charge in [-0.3, -0.25) is 4.98 Å². The van der Waals surface area contributed by atoms with Crippen LogP contribution in [0.5, 0.6) is 11.5 Å². The quantitative estimate of drug-likeness (QED) is 0.178. The minimum absolute atomic E-state index is 0.0746. The first kappa shape index (κ1) is 26.9. The summed E-state index contributed by atoms with van der Waals surface area (Å²) in [6.45, 7) is -0.0746. The third kappa shape index (κ3) is 7.02. The molecule has 6 heteroatoms. The number of nitrogens with zero attached hydrogens (tertiary/aromatic N) is 1. The standard InChI is InChI=1S/C33H31ClN2O3/c34-26-10-6-9-25(21-26)33(38)31(20-23-7-2-1-3-8-23)36-27(22-37)19-24-13-15-28(16-14-24)39-32-17-18-35-30-12-5-4-11-29(30)32/h1-18,21,27,31,33,36-38H,19-20,22H2/t27-,31?,33+/m0/s1. The Kier molecular flexibility index (Phi) is 8.86. The summed E-state index contributed by atoms with van der Waals surface area (Å²) in [6, 6.07) is 34.3. The highest BCUT2D eigenvalue weighted by atomic mass is 35.5. The Morgan fingerprint density at radius 1 is 0.795 bits per heavy atom. The van der Waals surface area contributed by atoms with Gasteiger partial charge in [-0.15, -0.1) is 0 Å². The molecular weight excluding hydrogens is 508 g/mol. The number of fused-ring (bicyclic) bond motifs is 1. The molecule has 0 aliphatic carbocycles. The number of ether oxygens (including phenoxy) is 1. The number of para-hydroxylation sites is 1. The zero-order chi connectivity index (χ0) is 27.0. The van der Waals surface area contributed by atoms with E-state index in [-0.39, 0.29) is 18.7 Å². The molecule has 3 N–H and O–H groups in total. The van der Waals surface area contributed by atoms with Gasteiger partial charge < -0.3 is 20.3 Å². The topological polar surface area (TPSA) is 74.6 Å². The number of hydrogen-bond donors (Lipinski definition) is 3. The molecule has 5 aromatic rings. The van der Waals surface area contributed by atoms with Gasteiger partial charge in [0, 0.05) is 28.7 Å². The Morgan fingerprint density at radius 3 is 2.31 bits per heavy atom. The molecule has 0 saturated carbocycles. The van der Waals surface area contributed by atoms with Crippen LogP contribution in [0, 0.1) is 0 Å². The molecule has 3 atom stereocenters. The average Bonchev–Trinajstić information content (AvgIpc) is 2.97. The number of aromatic nitrogens is 1. The summed E-state index contributed by atoms with van der Waals surface area (Å²) in [6.07, 6.45) is 2.12. The number of hydrogen-bond acceptors (Lipinski definition) is 5. The summed E-state index contributed by atoms with van der Waals surface area (Å²) < 4.78 is 6.15. The fourth-order valence-corrected chi connectivity index (χ4v) is 4.99. The lowest BCUT2D eigenvalue weighted by molar-refractivity contribution is 0.111. The highest BCUT2D eigenvalue weighted by Gasteiger charge is 2.24. The number of halogens is 1. The van der Waals surface area contributed by atoms with Gasteiger partial charge in [-0.1, -0.05) is 78.3 Å². The number of aliphatic hydroxyl groups excluding tert-OH is 2. The van der Waals surface area contributed by atoms with Crippen LogP contribution in [-0.4, -0.2) is 33.9 Å². The maximum absolute atomic E-state index is 11.3. The summed E-state index contributed by atoms with van der Waals surface area (Å²) >= 11 is 6.20. The van der Waals surface area contributed by atoms with Crippen LogP contribution in [0.2, 0.25) is 5.02 Å². The molecule has 198 valence electrons. The van der Waals surface area contributed by atoms with Crippen molar-refractivity contribution in [1.29, 1.82) is 0 Å². The Balaban J connectivity index is 1.29. The second-order valence-corrected chi connectivity index (χ2v) is 10.1. The molecule has 5 nitrogen and oxygen atoms in total. The van der Waals surface area contributed by atoms with Crippen molar-refractivity contribution < 1.29 is 14.9 Å². The lowest BCUT2D eigenvalue weighted by atomic mass is 9.94. The van der Waals surface area contributed by atoms with E-state index in [4.69, 9.17) is 16.3 Å². The summed E-state index contributed by atoms with van der Waals surface area (Å²) in [4.78, 5) is 4.39. The second-order valence-electron chi connectivity index (χ2n) is 9.62. The van der Waals surface area contributed by atoms with Crippen LogP contribution in [0.3, 0.4) is 0 Å². The number of benzene rings is 4. The first-order valence-electron chi connectivity index (χ1n) is 13.0. The predicted octanol–water partition coefficient (Wildman–Crippen LogP) is 6.52. The van der Waals surface area contributed by atoms with E-state index in [1.165, 1.54) is 0 Å². The van der Waals surface area contributed by atoms with Crippen LogP contribution in [0.15, 0.2) is 115 Å². The Labute approximate surface area is 233 Å². The molecule has 0 aliphatic rings.